The Balaban J connectivity index is 0.907. The Morgan fingerprint density at radius 1 is 0.290 bits per heavy atom. The molecule has 0 saturated heterocycles. The summed E-state index contributed by atoms with van der Waals surface area (Å²) in [5.41, 5.74) is 14.2. The van der Waals surface area contributed by atoms with Crippen molar-refractivity contribution in [3.63, 3.8) is 0 Å². The van der Waals surface area contributed by atoms with E-state index in [-0.39, 0.29) is 0 Å². The first kappa shape index (κ1) is 37.9. The first-order valence-corrected chi connectivity index (χ1v) is 23.6. The minimum atomic E-state index is 0.691. The second-order valence-corrected chi connectivity index (χ2v) is 18.1. The number of rotatable bonds is 5. The van der Waals surface area contributed by atoms with Crippen LogP contribution in [0.1, 0.15) is 0 Å². The maximum atomic E-state index is 5.47. The van der Waals surface area contributed by atoms with E-state index < -0.39 is 0 Å². The van der Waals surface area contributed by atoms with Gasteiger partial charge in [-0.2, -0.15) is 0 Å². The van der Waals surface area contributed by atoms with Crippen LogP contribution >= 0.6 is 0 Å². The summed E-state index contributed by atoms with van der Waals surface area (Å²) in [7, 11) is 0. The summed E-state index contributed by atoms with van der Waals surface area (Å²) in [5, 5.41) is 13.3. The van der Waals surface area contributed by atoms with Crippen LogP contribution in [0.15, 0.2) is 237 Å². The van der Waals surface area contributed by atoms with Crippen LogP contribution in [0, 0.1) is 0 Å². The molecule has 0 N–H and O–H groups in total. The molecule has 0 bridgehead atoms. The maximum Gasteiger partial charge on any atom is 0.160 e. The molecule has 0 aliphatic rings. The van der Waals surface area contributed by atoms with Crippen LogP contribution in [-0.2, 0) is 0 Å². The number of para-hydroxylation sites is 5. The fourth-order valence-electron chi connectivity index (χ4n) is 11.4. The third kappa shape index (κ3) is 5.53. The molecule has 0 aliphatic heterocycles. The summed E-state index contributed by atoms with van der Waals surface area (Å²) in [4.78, 5) is 10.7. The average molecular weight is 878 g/mol. The third-order valence-electron chi connectivity index (χ3n) is 14.4. The van der Waals surface area contributed by atoms with Crippen molar-refractivity contribution in [2.45, 2.75) is 0 Å². The van der Waals surface area contributed by atoms with Gasteiger partial charge in [-0.3, -0.25) is 0 Å². The number of nitrogens with zero attached hydrogens (tertiary/aromatic N) is 5. The molecule has 15 rings (SSSR count). The van der Waals surface area contributed by atoms with E-state index in [1.807, 2.05) is 0 Å². The highest BCUT2D eigenvalue weighted by Crippen LogP contribution is 2.43. The normalized spacial score (nSPS) is 12.1. The van der Waals surface area contributed by atoms with Gasteiger partial charge in [-0.05, 0) is 107 Å². The molecule has 0 fully saturated rings. The monoisotopic (exact) mass is 877 g/mol. The number of fused-ring (bicyclic) bond motifs is 13. The third-order valence-corrected chi connectivity index (χ3v) is 14.4. The van der Waals surface area contributed by atoms with Gasteiger partial charge in [0.15, 0.2) is 5.82 Å². The second kappa shape index (κ2) is 14.6. The maximum absolute atomic E-state index is 5.47. The van der Waals surface area contributed by atoms with Gasteiger partial charge in [0.05, 0.1) is 50.0 Å². The highest BCUT2D eigenvalue weighted by molar-refractivity contribution is 6.23. The number of aromatic nitrogens is 5. The van der Waals surface area contributed by atoms with E-state index >= 15 is 0 Å². The second-order valence-electron chi connectivity index (χ2n) is 18.1. The summed E-state index contributed by atoms with van der Waals surface area (Å²) >= 11 is 0. The fourth-order valence-corrected chi connectivity index (χ4v) is 11.4. The van der Waals surface area contributed by atoms with E-state index in [2.05, 4.69) is 250 Å². The van der Waals surface area contributed by atoms with Gasteiger partial charge in [-0.15, -0.1) is 0 Å². The summed E-state index contributed by atoms with van der Waals surface area (Å²) in [6.45, 7) is 0. The van der Waals surface area contributed by atoms with Gasteiger partial charge in [0.2, 0.25) is 0 Å². The van der Waals surface area contributed by atoms with Gasteiger partial charge < -0.3 is 13.7 Å². The SMILES string of the molecule is c1ccc(-n2c3ccccc3c3c(-c4nc(-c5ccc(-n6c7ccccc7c7cc8cccc(-n9c%10ccccc%10c%10c%11ccccc%11ccc%109)c8cc76)cc5)nc5ccccc45)cccc32)cc1. The highest BCUT2D eigenvalue weighted by atomic mass is 15.0. The van der Waals surface area contributed by atoms with Crippen molar-refractivity contribution in [3.8, 4) is 39.7 Å². The quantitative estimate of drug-likeness (QED) is 0.173. The van der Waals surface area contributed by atoms with Gasteiger partial charge in [-0.1, -0.05) is 146 Å². The molecule has 15 aromatic rings. The van der Waals surface area contributed by atoms with Crippen molar-refractivity contribution < 1.29 is 0 Å². The molecule has 320 valence electrons. The average Bonchev–Trinajstić information content (AvgIpc) is 4.06. The summed E-state index contributed by atoms with van der Waals surface area (Å²) < 4.78 is 7.24. The largest absolute Gasteiger partial charge is 0.309 e. The Labute approximate surface area is 396 Å². The van der Waals surface area contributed by atoms with E-state index in [9.17, 15) is 0 Å². The van der Waals surface area contributed by atoms with Crippen LogP contribution in [0.2, 0.25) is 0 Å². The molecule has 0 spiro atoms. The van der Waals surface area contributed by atoms with E-state index in [1.165, 1.54) is 64.9 Å². The molecule has 4 aromatic heterocycles. The summed E-state index contributed by atoms with van der Waals surface area (Å²) in [6.07, 6.45) is 0. The van der Waals surface area contributed by atoms with Crippen LogP contribution < -0.4 is 0 Å². The van der Waals surface area contributed by atoms with Crippen LogP contribution in [0.3, 0.4) is 0 Å². The number of hydrogen-bond acceptors (Lipinski definition) is 2. The van der Waals surface area contributed by atoms with E-state index in [4.69, 9.17) is 9.97 Å². The van der Waals surface area contributed by atoms with Crippen molar-refractivity contribution >= 4 is 97.9 Å². The van der Waals surface area contributed by atoms with E-state index in [1.54, 1.807) is 0 Å². The van der Waals surface area contributed by atoms with Gasteiger partial charge in [0.1, 0.15) is 0 Å². The Hall–Kier alpha value is -9.32. The molecule has 0 atom stereocenters. The van der Waals surface area contributed by atoms with E-state index in [0.717, 1.165) is 66.9 Å². The Morgan fingerprint density at radius 2 is 0.870 bits per heavy atom. The van der Waals surface area contributed by atoms with Gasteiger partial charge in [-0.25, -0.2) is 9.97 Å². The lowest BCUT2D eigenvalue weighted by atomic mass is 10.00. The zero-order chi connectivity index (χ0) is 45.2. The molecular weight excluding hydrogens is 839 g/mol. The Morgan fingerprint density at radius 3 is 1.68 bits per heavy atom. The molecular formula is C64H39N5. The van der Waals surface area contributed by atoms with Gasteiger partial charge in [0, 0.05) is 65.6 Å². The lowest BCUT2D eigenvalue weighted by Crippen LogP contribution is -1.98. The smallest absolute Gasteiger partial charge is 0.160 e. The van der Waals surface area contributed by atoms with Crippen molar-refractivity contribution in [1.82, 2.24) is 23.7 Å². The van der Waals surface area contributed by atoms with Crippen LogP contribution in [-0.4, -0.2) is 23.7 Å². The molecule has 0 aliphatic carbocycles. The lowest BCUT2D eigenvalue weighted by molar-refractivity contribution is 1.17. The zero-order valence-electron chi connectivity index (χ0n) is 37.3. The highest BCUT2D eigenvalue weighted by Gasteiger charge is 2.22. The molecule has 11 aromatic carbocycles. The molecule has 0 saturated carbocycles. The van der Waals surface area contributed by atoms with Crippen molar-refractivity contribution in [3.05, 3.63) is 237 Å². The van der Waals surface area contributed by atoms with Crippen LogP contribution in [0.25, 0.3) is 138 Å². The topological polar surface area (TPSA) is 40.6 Å². The first-order chi connectivity index (χ1) is 34.2. The predicted octanol–water partition coefficient (Wildman–Crippen LogP) is 16.6. The minimum absolute atomic E-state index is 0.691. The molecule has 5 nitrogen and oxygen atoms in total. The summed E-state index contributed by atoms with van der Waals surface area (Å²) in [6, 6.07) is 85.5. The number of hydrogen-bond donors (Lipinski definition) is 0. The molecule has 0 unspecified atom stereocenters. The Kier molecular flexibility index (Phi) is 8.00. The fraction of sp³-hybridized carbons (Fsp3) is 0. The number of benzene rings is 11. The van der Waals surface area contributed by atoms with Crippen molar-refractivity contribution in [2.75, 3.05) is 0 Å². The molecule has 69 heavy (non-hydrogen) atoms. The van der Waals surface area contributed by atoms with Crippen molar-refractivity contribution in [2.24, 2.45) is 0 Å². The molecule has 0 amide bonds. The standard InChI is InChI=1S/C64H39N5/c1-2-18-43(19-3-1)67-55-28-12-8-23-48(55)62-50(25-15-31-58(62)67)63-47-22-6-10-26-53(47)65-64(66-63)41-32-35-44(36-33-41)68-54-27-11-7-21-46(54)52-38-42-17-14-30-57(51(42)39-60(52)68)69-56-29-13-9-24-49(56)61-45-20-5-4-16-40(45)34-37-59(61)69/h1-39H. The van der Waals surface area contributed by atoms with Gasteiger partial charge in [0.25, 0.3) is 0 Å². The molecule has 0 radical (unpaired) electrons. The zero-order valence-corrected chi connectivity index (χ0v) is 37.3. The predicted molar refractivity (Wildman–Crippen MR) is 288 cm³/mol. The van der Waals surface area contributed by atoms with Gasteiger partial charge >= 0.3 is 0 Å². The van der Waals surface area contributed by atoms with E-state index in [0.29, 0.717) is 5.82 Å². The van der Waals surface area contributed by atoms with Crippen molar-refractivity contribution in [1.29, 1.82) is 0 Å². The van der Waals surface area contributed by atoms with Crippen LogP contribution in [0.5, 0.6) is 0 Å². The molecule has 5 heteroatoms. The first-order valence-electron chi connectivity index (χ1n) is 23.6. The molecule has 4 heterocycles. The Bertz CT molecular complexity index is 4590. The lowest BCUT2D eigenvalue weighted by Gasteiger charge is -2.14. The summed E-state index contributed by atoms with van der Waals surface area (Å²) in [5.74, 6) is 0.691. The minimum Gasteiger partial charge on any atom is -0.309 e. The van der Waals surface area contributed by atoms with Crippen LogP contribution in [0.4, 0.5) is 0 Å².